The molecule has 9 heavy (non-hydrogen) atoms. The minimum atomic E-state index is 0.489. The first-order chi connectivity index (χ1) is 4.35. The minimum absolute atomic E-state index is 0.489. The summed E-state index contributed by atoms with van der Waals surface area (Å²) in [6.45, 7) is 1.97. The van der Waals surface area contributed by atoms with Gasteiger partial charge in [-0.2, -0.15) is 0 Å². The molecule has 0 aliphatic carbocycles. The molecule has 0 aromatic carbocycles. The second-order valence-corrected chi connectivity index (χ2v) is 2.52. The summed E-state index contributed by atoms with van der Waals surface area (Å²) in [6.07, 6.45) is 4.31. The molecule has 0 amide bonds. The fraction of sp³-hybridized carbons (Fsp3) is 0.333. The molecule has 0 nitrogen and oxygen atoms in total. The Kier molecular flexibility index (Phi) is 6.21. The zero-order valence-corrected chi connectivity index (χ0v) is 6.68. The average Bonchev–Trinajstić information content (AvgIpc) is 1.91. The standard InChI is InChI=1S/C6H8ClFS/c1-2-6(9-7)4-3-5-8/h3-5H,2H2,1H3/b5-3+,6-4+. The molecule has 0 saturated heterocycles. The summed E-state index contributed by atoms with van der Waals surface area (Å²) >= 11 is 0. The smallest absolute Gasteiger partial charge is 0.0867 e. The van der Waals surface area contributed by atoms with Gasteiger partial charge in [0.1, 0.15) is 0 Å². The van der Waals surface area contributed by atoms with E-state index in [2.05, 4.69) is 0 Å². The maximum absolute atomic E-state index is 11.3. The Labute approximate surface area is 63.3 Å². The molecule has 3 heteroatoms. The van der Waals surface area contributed by atoms with Crippen LogP contribution in [0, 0.1) is 0 Å². The fourth-order valence-corrected chi connectivity index (χ4v) is 1.06. The summed E-state index contributed by atoms with van der Waals surface area (Å²) in [7, 11) is 6.52. The topological polar surface area (TPSA) is 0 Å². The highest BCUT2D eigenvalue weighted by Gasteiger charge is 1.87. The van der Waals surface area contributed by atoms with Crippen LogP contribution in [0.15, 0.2) is 23.4 Å². The van der Waals surface area contributed by atoms with Gasteiger partial charge in [0.2, 0.25) is 0 Å². The molecule has 0 spiro atoms. The Morgan fingerprint density at radius 3 is 2.78 bits per heavy atom. The Hall–Kier alpha value is 0.0500. The van der Waals surface area contributed by atoms with Crippen molar-refractivity contribution in [1.29, 1.82) is 0 Å². The van der Waals surface area contributed by atoms with Gasteiger partial charge >= 0.3 is 0 Å². The van der Waals surface area contributed by atoms with Crippen molar-refractivity contribution >= 4 is 21.7 Å². The Morgan fingerprint density at radius 1 is 1.78 bits per heavy atom. The fourth-order valence-electron chi connectivity index (χ4n) is 0.342. The molecule has 0 unspecified atom stereocenters. The van der Waals surface area contributed by atoms with E-state index in [0.717, 1.165) is 22.3 Å². The predicted molar refractivity (Wildman–Crippen MR) is 42.1 cm³/mol. The first kappa shape index (κ1) is 9.05. The maximum atomic E-state index is 11.3. The Bertz CT molecular complexity index is 114. The van der Waals surface area contributed by atoms with E-state index in [0.29, 0.717) is 6.33 Å². The molecule has 0 aromatic rings. The molecule has 0 aliphatic rings. The van der Waals surface area contributed by atoms with Gasteiger partial charge in [0.05, 0.1) is 6.33 Å². The summed E-state index contributed by atoms with van der Waals surface area (Å²) in [5.41, 5.74) is 0. The van der Waals surface area contributed by atoms with E-state index in [1.165, 1.54) is 6.08 Å². The van der Waals surface area contributed by atoms with Crippen LogP contribution >= 0.6 is 21.7 Å². The van der Waals surface area contributed by atoms with Crippen molar-refractivity contribution in [2.45, 2.75) is 13.3 Å². The lowest BCUT2D eigenvalue weighted by molar-refractivity contribution is 0.721. The van der Waals surface area contributed by atoms with Gasteiger partial charge in [0.25, 0.3) is 0 Å². The van der Waals surface area contributed by atoms with Crippen molar-refractivity contribution in [1.82, 2.24) is 0 Å². The van der Waals surface area contributed by atoms with Crippen LogP contribution in [0.5, 0.6) is 0 Å². The molecule has 0 N–H and O–H groups in total. The number of halogens is 2. The van der Waals surface area contributed by atoms with E-state index in [1.807, 2.05) is 6.92 Å². The molecule has 0 atom stereocenters. The van der Waals surface area contributed by atoms with Crippen LogP contribution in [0.3, 0.4) is 0 Å². The monoisotopic (exact) mass is 166 g/mol. The van der Waals surface area contributed by atoms with E-state index >= 15 is 0 Å². The van der Waals surface area contributed by atoms with Crippen molar-refractivity contribution in [3.63, 3.8) is 0 Å². The van der Waals surface area contributed by atoms with E-state index in [1.54, 1.807) is 6.08 Å². The van der Waals surface area contributed by atoms with Crippen molar-refractivity contribution in [3.8, 4) is 0 Å². The SMILES string of the molecule is CC/C(=C\C=C\F)SCl. The summed E-state index contributed by atoms with van der Waals surface area (Å²) in [5.74, 6) is 0. The van der Waals surface area contributed by atoms with Crippen LogP contribution in [-0.4, -0.2) is 0 Å². The molecular weight excluding hydrogens is 159 g/mol. The number of allylic oxidation sites excluding steroid dienone is 3. The van der Waals surface area contributed by atoms with Crippen LogP contribution < -0.4 is 0 Å². The van der Waals surface area contributed by atoms with Crippen LogP contribution in [0.1, 0.15) is 13.3 Å². The van der Waals surface area contributed by atoms with Crippen LogP contribution in [-0.2, 0) is 0 Å². The van der Waals surface area contributed by atoms with Gasteiger partial charge in [0, 0.05) is 4.91 Å². The lowest BCUT2D eigenvalue weighted by Gasteiger charge is -1.90. The minimum Gasteiger partial charge on any atom is -0.216 e. The lowest BCUT2D eigenvalue weighted by atomic mass is 10.4. The number of hydrogen-bond donors (Lipinski definition) is 0. The summed E-state index contributed by atoms with van der Waals surface area (Å²) in [6, 6.07) is 0. The third-order valence-corrected chi connectivity index (χ3v) is 2.02. The quantitative estimate of drug-likeness (QED) is 0.577. The van der Waals surface area contributed by atoms with E-state index in [-0.39, 0.29) is 0 Å². The third-order valence-electron chi connectivity index (χ3n) is 0.802. The Balaban J connectivity index is 3.75. The van der Waals surface area contributed by atoms with Gasteiger partial charge in [-0.05, 0) is 40.2 Å². The normalized spacial score (nSPS) is 13.0. The highest BCUT2D eigenvalue weighted by atomic mass is 35.7. The molecule has 0 radical (unpaired) electrons. The second-order valence-electron chi connectivity index (χ2n) is 1.38. The number of hydrogen-bond acceptors (Lipinski definition) is 1. The van der Waals surface area contributed by atoms with Crippen molar-refractivity contribution in [3.05, 3.63) is 23.4 Å². The Morgan fingerprint density at radius 2 is 2.44 bits per heavy atom. The zero-order chi connectivity index (χ0) is 7.11. The third kappa shape index (κ3) is 4.55. The van der Waals surface area contributed by atoms with Gasteiger partial charge in [-0.1, -0.05) is 6.92 Å². The molecular formula is C6H8ClFS. The van der Waals surface area contributed by atoms with Crippen molar-refractivity contribution in [2.75, 3.05) is 0 Å². The van der Waals surface area contributed by atoms with E-state index in [9.17, 15) is 4.39 Å². The van der Waals surface area contributed by atoms with Crippen molar-refractivity contribution < 1.29 is 4.39 Å². The van der Waals surface area contributed by atoms with E-state index in [4.69, 9.17) is 10.7 Å². The summed E-state index contributed by atoms with van der Waals surface area (Å²) < 4.78 is 11.3. The molecule has 0 bridgehead atoms. The molecule has 0 fully saturated rings. The molecule has 0 rings (SSSR count). The summed E-state index contributed by atoms with van der Waals surface area (Å²) in [4.78, 5) is 0.963. The largest absolute Gasteiger partial charge is 0.216 e. The highest BCUT2D eigenvalue weighted by molar-refractivity contribution is 8.24. The molecule has 0 aliphatic heterocycles. The predicted octanol–water partition coefficient (Wildman–Crippen LogP) is 3.65. The first-order valence-corrected chi connectivity index (χ1v) is 4.24. The average molecular weight is 167 g/mol. The van der Waals surface area contributed by atoms with Gasteiger partial charge in [0.15, 0.2) is 0 Å². The lowest BCUT2D eigenvalue weighted by Crippen LogP contribution is -1.65. The van der Waals surface area contributed by atoms with Crippen LogP contribution in [0.4, 0.5) is 4.39 Å². The summed E-state index contributed by atoms with van der Waals surface area (Å²) in [5, 5.41) is 0. The molecule has 0 heterocycles. The van der Waals surface area contributed by atoms with Gasteiger partial charge in [-0.25, -0.2) is 4.39 Å². The van der Waals surface area contributed by atoms with Crippen LogP contribution in [0.25, 0.3) is 0 Å². The molecule has 52 valence electrons. The van der Waals surface area contributed by atoms with Crippen molar-refractivity contribution in [2.24, 2.45) is 0 Å². The maximum Gasteiger partial charge on any atom is 0.0867 e. The first-order valence-electron chi connectivity index (χ1n) is 2.59. The second kappa shape index (κ2) is 6.17. The molecule has 0 aromatic heterocycles. The van der Waals surface area contributed by atoms with Gasteiger partial charge < -0.3 is 0 Å². The van der Waals surface area contributed by atoms with Gasteiger partial charge in [-0.3, -0.25) is 0 Å². The van der Waals surface area contributed by atoms with E-state index < -0.39 is 0 Å². The van der Waals surface area contributed by atoms with Gasteiger partial charge in [-0.15, -0.1) is 0 Å². The molecule has 0 saturated carbocycles. The van der Waals surface area contributed by atoms with Crippen LogP contribution in [0.2, 0.25) is 0 Å². The highest BCUT2D eigenvalue weighted by Crippen LogP contribution is 2.22. The number of rotatable bonds is 3. The zero-order valence-electron chi connectivity index (χ0n) is 5.10.